The first-order valence-electron chi connectivity index (χ1n) is 5.56. The summed E-state index contributed by atoms with van der Waals surface area (Å²) in [7, 11) is -1.48. The van der Waals surface area contributed by atoms with Crippen LogP contribution in [0.4, 0.5) is 0 Å². The van der Waals surface area contributed by atoms with Gasteiger partial charge in [0.15, 0.2) is 7.38 Å². The van der Waals surface area contributed by atoms with E-state index in [1.54, 1.807) is 12.1 Å². The summed E-state index contributed by atoms with van der Waals surface area (Å²) in [5.41, 5.74) is 1.27. The molecule has 0 heterocycles. The number of hydrogen-bond donors (Lipinski definition) is 1. The molecule has 0 radical (unpaired) electrons. The van der Waals surface area contributed by atoms with Crippen LogP contribution in [-0.4, -0.2) is 12.5 Å². The van der Waals surface area contributed by atoms with Crippen molar-refractivity contribution in [3.8, 4) is 5.75 Å². The van der Waals surface area contributed by atoms with Gasteiger partial charge in [0, 0.05) is 0 Å². The minimum absolute atomic E-state index is 0.333. The molecule has 0 aliphatic rings. The molecule has 15 heavy (non-hydrogen) atoms. The summed E-state index contributed by atoms with van der Waals surface area (Å²) in [4.78, 5) is 0. The Morgan fingerprint density at radius 3 is 2.13 bits per heavy atom. The Balaban J connectivity index is 2.53. The Morgan fingerprint density at radius 1 is 1.13 bits per heavy atom. The molecular weight excluding hydrogens is 224 g/mol. The minimum atomic E-state index is -1.48. The average Bonchev–Trinajstić information content (AvgIpc) is 2.28. The molecule has 1 aromatic carbocycles. The van der Waals surface area contributed by atoms with Gasteiger partial charge < -0.3 is 5.11 Å². The average molecular weight is 243 g/mol. The van der Waals surface area contributed by atoms with Crippen molar-refractivity contribution in [2.75, 3.05) is 0 Å². The van der Waals surface area contributed by atoms with Gasteiger partial charge >= 0.3 is 0 Å². The van der Waals surface area contributed by atoms with E-state index in [0.29, 0.717) is 5.75 Å². The molecule has 1 nitrogen and oxygen atoms in total. The fourth-order valence-electron chi connectivity index (χ4n) is 1.63. The molecule has 0 spiro atoms. The number of aromatic hydroxyl groups is 1. The SMILES string of the molecule is CC[Si](Cl)(CC)CCc1ccc(O)cc1. The highest BCUT2D eigenvalue weighted by Crippen LogP contribution is 2.27. The maximum atomic E-state index is 9.16. The Labute approximate surface area is 97.8 Å². The number of aryl methyl sites for hydroxylation is 1. The van der Waals surface area contributed by atoms with Gasteiger partial charge in [-0.05, 0) is 42.2 Å². The molecule has 1 N–H and O–H groups in total. The highest BCUT2D eigenvalue weighted by atomic mass is 35.6. The lowest BCUT2D eigenvalue weighted by Crippen LogP contribution is -2.24. The van der Waals surface area contributed by atoms with E-state index in [4.69, 9.17) is 16.2 Å². The fourth-order valence-corrected chi connectivity index (χ4v) is 3.86. The highest BCUT2D eigenvalue weighted by Gasteiger charge is 2.25. The summed E-state index contributed by atoms with van der Waals surface area (Å²) >= 11 is 6.58. The molecule has 0 amide bonds. The largest absolute Gasteiger partial charge is 0.508 e. The van der Waals surface area contributed by atoms with E-state index in [2.05, 4.69) is 13.8 Å². The Kier molecular flexibility index (Phi) is 4.67. The van der Waals surface area contributed by atoms with Crippen molar-refractivity contribution in [3.63, 3.8) is 0 Å². The van der Waals surface area contributed by atoms with E-state index in [1.807, 2.05) is 12.1 Å². The van der Waals surface area contributed by atoms with Crippen molar-refractivity contribution in [2.24, 2.45) is 0 Å². The molecule has 0 unspecified atom stereocenters. The lowest BCUT2D eigenvalue weighted by Gasteiger charge is -2.20. The zero-order chi connectivity index (χ0) is 11.3. The molecule has 0 aliphatic carbocycles. The van der Waals surface area contributed by atoms with Crippen LogP contribution in [0.15, 0.2) is 24.3 Å². The van der Waals surface area contributed by atoms with Crippen LogP contribution >= 0.6 is 11.1 Å². The molecule has 84 valence electrons. The number of halogens is 1. The van der Waals surface area contributed by atoms with Crippen molar-refractivity contribution < 1.29 is 5.11 Å². The second-order valence-electron chi connectivity index (χ2n) is 4.02. The number of benzene rings is 1. The zero-order valence-corrected chi connectivity index (χ0v) is 11.2. The molecule has 1 aromatic rings. The molecular formula is C12H19ClOSi. The molecule has 0 aromatic heterocycles. The second-order valence-corrected chi connectivity index (χ2v) is 10.6. The third-order valence-electron chi connectivity index (χ3n) is 3.07. The van der Waals surface area contributed by atoms with Gasteiger partial charge in [-0.1, -0.05) is 26.0 Å². The number of hydrogen-bond acceptors (Lipinski definition) is 1. The molecule has 0 bridgehead atoms. The molecule has 0 fully saturated rings. The summed E-state index contributed by atoms with van der Waals surface area (Å²) in [6.45, 7) is 4.39. The molecule has 1 rings (SSSR count). The van der Waals surface area contributed by atoms with E-state index in [1.165, 1.54) is 5.56 Å². The standard InChI is InChI=1S/C12H19ClOSi/c1-3-15(13,4-2)10-9-11-5-7-12(14)8-6-11/h5-8,14H,3-4,9-10H2,1-2H3. The Bertz CT molecular complexity index is 293. The maximum Gasteiger partial charge on any atom is 0.156 e. The third-order valence-corrected chi connectivity index (χ3v) is 8.92. The van der Waals surface area contributed by atoms with Gasteiger partial charge in [-0.25, -0.2) is 0 Å². The smallest absolute Gasteiger partial charge is 0.156 e. The van der Waals surface area contributed by atoms with Gasteiger partial charge in [-0.3, -0.25) is 0 Å². The van der Waals surface area contributed by atoms with Crippen LogP contribution in [0.1, 0.15) is 19.4 Å². The Morgan fingerprint density at radius 2 is 1.67 bits per heavy atom. The van der Waals surface area contributed by atoms with Gasteiger partial charge in [-0.15, -0.1) is 0 Å². The third kappa shape index (κ3) is 3.88. The van der Waals surface area contributed by atoms with Crippen molar-refractivity contribution in [1.29, 1.82) is 0 Å². The number of phenolic OH excluding ortho intramolecular Hbond substituents is 1. The summed E-state index contributed by atoms with van der Waals surface area (Å²) in [6, 6.07) is 10.9. The van der Waals surface area contributed by atoms with E-state index < -0.39 is 7.38 Å². The quantitative estimate of drug-likeness (QED) is 0.607. The number of rotatable bonds is 5. The summed E-state index contributed by atoms with van der Waals surface area (Å²) in [6.07, 6.45) is 1.04. The predicted octanol–water partition coefficient (Wildman–Crippen LogP) is 4.16. The minimum Gasteiger partial charge on any atom is -0.508 e. The van der Waals surface area contributed by atoms with Crippen LogP contribution in [0.3, 0.4) is 0 Å². The highest BCUT2D eigenvalue weighted by molar-refractivity contribution is 7.20. The molecule has 0 saturated carbocycles. The van der Waals surface area contributed by atoms with Crippen molar-refractivity contribution in [2.45, 2.75) is 38.4 Å². The van der Waals surface area contributed by atoms with Crippen molar-refractivity contribution >= 4 is 18.5 Å². The predicted molar refractivity (Wildman–Crippen MR) is 69.2 cm³/mol. The van der Waals surface area contributed by atoms with Crippen molar-refractivity contribution in [1.82, 2.24) is 0 Å². The summed E-state index contributed by atoms with van der Waals surface area (Å²) in [5, 5.41) is 9.16. The van der Waals surface area contributed by atoms with Crippen LogP contribution < -0.4 is 0 Å². The molecule has 3 heteroatoms. The van der Waals surface area contributed by atoms with Gasteiger partial charge in [-0.2, -0.15) is 11.1 Å². The van der Waals surface area contributed by atoms with Gasteiger partial charge in [0.1, 0.15) is 5.75 Å². The summed E-state index contributed by atoms with van der Waals surface area (Å²) < 4.78 is 0. The van der Waals surface area contributed by atoms with E-state index in [-0.39, 0.29) is 0 Å². The van der Waals surface area contributed by atoms with Crippen LogP contribution in [-0.2, 0) is 6.42 Å². The van der Waals surface area contributed by atoms with Gasteiger partial charge in [0.25, 0.3) is 0 Å². The van der Waals surface area contributed by atoms with Crippen LogP contribution in [0.5, 0.6) is 5.75 Å². The molecule has 0 aliphatic heterocycles. The normalized spacial score (nSPS) is 11.7. The first-order chi connectivity index (χ1) is 7.09. The monoisotopic (exact) mass is 242 g/mol. The van der Waals surface area contributed by atoms with Gasteiger partial charge in [0.2, 0.25) is 0 Å². The first-order valence-corrected chi connectivity index (χ1v) is 9.20. The van der Waals surface area contributed by atoms with Crippen LogP contribution in [0.25, 0.3) is 0 Å². The Hall–Kier alpha value is -0.473. The first kappa shape index (κ1) is 12.6. The van der Waals surface area contributed by atoms with Gasteiger partial charge in [0.05, 0.1) is 0 Å². The van der Waals surface area contributed by atoms with Crippen molar-refractivity contribution in [3.05, 3.63) is 29.8 Å². The summed E-state index contributed by atoms with van der Waals surface area (Å²) in [5.74, 6) is 0.333. The fraction of sp³-hybridized carbons (Fsp3) is 0.500. The van der Waals surface area contributed by atoms with E-state index in [9.17, 15) is 0 Å². The second kappa shape index (κ2) is 5.57. The zero-order valence-electron chi connectivity index (χ0n) is 9.46. The van der Waals surface area contributed by atoms with E-state index >= 15 is 0 Å². The maximum absolute atomic E-state index is 9.16. The molecule has 0 saturated heterocycles. The number of phenols is 1. The lowest BCUT2D eigenvalue weighted by molar-refractivity contribution is 0.475. The van der Waals surface area contributed by atoms with E-state index in [0.717, 1.165) is 24.6 Å². The topological polar surface area (TPSA) is 20.2 Å². The lowest BCUT2D eigenvalue weighted by atomic mass is 10.2. The van der Waals surface area contributed by atoms with Crippen LogP contribution in [0.2, 0.25) is 18.1 Å². The molecule has 0 atom stereocenters. The van der Waals surface area contributed by atoms with Crippen LogP contribution in [0, 0.1) is 0 Å².